The zero-order valence-corrected chi connectivity index (χ0v) is 10.5. The minimum absolute atomic E-state index is 0.264. The van der Waals surface area contributed by atoms with Gasteiger partial charge < -0.3 is 5.73 Å². The number of nitrogens with two attached hydrogens (primary N) is 1. The maximum atomic E-state index is 6.08. The van der Waals surface area contributed by atoms with Gasteiger partial charge in [-0.25, -0.2) is 0 Å². The fourth-order valence-electron chi connectivity index (χ4n) is 3.65. The molecule has 2 N–H and O–H groups in total. The minimum Gasteiger partial charge on any atom is -0.329 e. The number of fused-ring (bicyclic) bond motifs is 1. The molecule has 2 aliphatic rings. The molecule has 92 valence electrons. The lowest BCUT2D eigenvalue weighted by molar-refractivity contribution is 0.101. The molecular formula is C14H21N3. The van der Waals surface area contributed by atoms with E-state index in [1.165, 1.54) is 24.8 Å². The first-order valence-electron chi connectivity index (χ1n) is 6.56. The number of likely N-dealkylation sites (N-methyl/N-ethyl adjacent to an activating group) is 1. The van der Waals surface area contributed by atoms with Gasteiger partial charge in [-0.2, -0.15) is 0 Å². The van der Waals surface area contributed by atoms with Crippen LogP contribution in [0.1, 0.15) is 24.8 Å². The second kappa shape index (κ2) is 4.07. The van der Waals surface area contributed by atoms with Gasteiger partial charge in [0.25, 0.3) is 0 Å². The number of nitrogens with zero attached hydrogens (tertiary/aromatic N) is 2. The Labute approximate surface area is 103 Å². The molecule has 0 spiro atoms. The van der Waals surface area contributed by atoms with E-state index in [2.05, 4.69) is 23.0 Å². The van der Waals surface area contributed by atoms with E-state index in [-0.39, 0.29) is 5.54 Å². The van der Waals surface area contributed by atoms with Crippen LogP contribution >= 0.6 is 0 Å². The lowest BCUT2D eigenvalue weighted by Gasteiger charge is -2.39. The Bertz CT molecular complexity index is 392. The third-order valence-corrected chi connectivity index (χ3v) is 4.82. The summed E-state index contributed by atoms with van der Waals surface area (Å²) < 4.78 is 0. The maximum absolute atomic E-state index is 6.08. The summed E-state index contributed by atoms with van der Waals surface area (Å²) in [6.45, 7) is 1.76. The van der Waals surface area contributed by atoms with Gasteiger partial charge in [0.05, 0.1) is 0 Å². The van der Waals surface area contributed by atoms with E-state index in [4.69, 9.17) is 5.73 Å². The topological polar surface area (TPSA) is 42.2 Å². The van der Waals surface area contributed by atoms with Crippen LogP contribution < -0.4 is 5.73 Å². The van der Waals surface area contributed by atoms with Crippen LogP contribution in [-0.2, 0) is 6.54 Å². The molecule has 1 aromatic heterocycles. The van der Waals surface area contributed by atoms with Gasteiger partial charge in [-0.15, -0.1) is 0 Å². The SMILES string of the molecule is CN(Cc1cccnc1)C1(CN)CCC2CC21. The van der Waals surface area contributed by atoms with Crippen molar-refractivity contribution in [3.63, 3.8) is 0 Å². The van der Waals surface area contributed by atoms with Gasteiger partial charge >= 0.3 is 0 Å². The van der Waals surface area contributed by atoms with Gasteiger partial charge in [0.15, 0.2) is 0 Å². The van der Waals surface area contributed by atoms with E-state index >= 15 is 0 Å². The summed E-state index contributed by atoms with van der Waals surface area (Å²) in [5.41, 5.74) is 7.63. The molecule has 17 heavy (non-hydrogen) atoms. The van der Waals surface area contributed by atoms with Gasteiger partial charge in [-0.3, -0.25) is 9.88 Å². The van der Waals surface area contributed by atoms with Crippen LogP contribution in [0.3, 0.4) is 0 Å². The molecule has 0 radical (unpaired) electrons. The Balaban J connectivity index is 1.75. The average molecular weight is 231 g/mol. The predicted octanol–water partition coefficient (Wildman–Crippen LogP) is 1.64. The molecule has 3 nitrogen and oxygen atoms in total. The summed E-state index contributed by atoms with van der Waals surface area (Å²) in [6, 6.07) is 4.15. The Hall–Kier alpha value is -0.930. The van der Waals surface area contributed by atoms with Crippen LogP contribution in [0.5, 0.6) is 0 Å². The highest BCUT2D eigenvalue weighted by Gasteiger charge is 2.58. The van der Waals surface area contributed by atoms with Crippen molar-refractivity contribution < 1.29 is 0 Å². The van der Waals surface area contributed by atoms with Crippen molar-refractivity contribution in [1.29, 1.82) is 0 Å². The fraction of sp³-hybridized carbons (Fsp3) is 0.643. The Kier molecular flexibility index (Phi) is 2.68. The normalized spacial score (nSPS) is 35.0. The summed E-state index contributed by atoms with van der Waals surface area (Å²) in [6.07, 6.45) is 7.83. The van der Waals surface area contributed by atoms with Crippen molar-refractivity contribution in [2.24, 2.45) is 17.6 Å². The van der Waals surface area contributed by atoms with Crippen LogP contribution in [0, 0.1) is 11.8 Å². The molecule has 0 aromatic carbocycles. The van der Waals surface area contributed by atoms with Crippen LogP contribution in [0.15, 0.2) is 24.5 Å². The third-order valence-electron chi connectivity index (χ3n) is 4.82. The molecule has 2 fully saturated rings. The van der Waals surface area contributed by atoms with Crippen LogP contribution in [0.25, 0.3) is 0 Å². The number of hydrogen-bond acceptors (Lipinski definition) is 3. The van der Waals surface area contributed by atoms with Crippen LogP contribution in [-0.4, -0.2) is 29.0 Å². The first-order valence-corrected chi connectivity index (χ1v) is 6.56. The monoisotopic (exact) mass is 231 g/mol. The van der Waals surface area contributed by atoms with Crippen LogP contribution in [0.2, 0.25) is 0 Å². The van der Waals surface area contributed by atoms with E-state index in [9.17, 15) is 0 Å². The molecule has 3 atom stereocenters. The molecule has 0 saturated heterocycles. The van der Waals surface area contributed by atoms with Crippen LogP contribution in [0.4, 0.5) is 0 Å². The van der Waals surface area contributed by atoms with E-state index in [0.29, 0.717) is 0 Å². The van der Waals surface area contributed by atoms with Crippen molar-refractivity contribution in [2.75, 3.05) is 13.6 Å². The first kappa shape index (κ1) is 11.2. The standard InChI is InChI=1S/C14H21N3/c1-17(9-11-3-2-6-16-8-11)14(10-15)5-4-12-7-13(12)14/h2-3,6,8,12-13H,4-5,7,9-10,15H2,1H3. The molecule has 0 amide bonds. The van der Waals surface area contributed by atoms with Gasteiger partial charge in [0.2, 0.25) is 0 Å². The van der Waals surface area contributed by atoms with Gasteiger partial charge in [0, 0.05) is 31.0 Å². The van der Waals surface area contributed by atoms with Gasteiger partial charge in [-0.05, 0) is 49.8 Å². The molecule has 2 saturated carbocycles. The van der Waals surface area contributed by atoms with Crippen molar-refractivity contribution in [3.05, 3.63) is 30.1 Å². The molecule has 3 unspecified atom stereocenters. The largest absolute Gasteiger partial charge is 0.329 e. The fourth-order valence-corrected chi connectivity index (χ4v) is 3.65. The summed E-state index contributed by atoms with van der Waals surface area (Å²) >= 11 is 0. The summed E-state index contributed by atoms with van der Waals surface area (Å²) in [5, 5.41) is 0. The second-order valence-electron chi connectivity index (χ2n) is 5.67. The highest BCUT2D eigenvalue weighted by molar-refractivity contribution is 5.15. The number of rotatable bonds is 4. The zero-order chi connectivity index (χ0) is 11.9. The molecule has 0 bridgehead atoms. The lowest BCUT2D eigenvalue weighted by atomic mass is 9.90. The summed E-state index contributed by atoms with van der Waals surface area (Å²) in [7, 11) is 2.22. The molecule has 2 aliphatic carbocycles. The highest BCUT2D eigenvalue weighted by atomic mass is 15.2. The minimum atomic E-state index is 0.264. The molecule has 1 aromatic rings. The highest BCUT2D eigenvalue weighted by Crippen LogP contribution is 2.59. The Morgan fingerprint density at radius 3 is 3.00 bits per heavy atom. The number of aromatic nitrogens is 1. The summed E-state index contributed by atoms with van der Waals surface area (Å²) in [4.78, 5) is 6.66. The van der Waals surface area contributed by atoms with E-state index < -0.39 is 0 Å². The van der Waals surface area contributed by atoms with Crippen molar-refractivity contribution in [3.8, 4) is 0 Å². The van der Waals surface area contributed by atoms with Crippen molar-refractivity contribution >= 4 is 0 Å². The summed E-state index contributed by atoms with van der Waals surface area (Å²) in [5.74, 6) is 1.82. The number of pyridine rings is 1. The Morgan fingerprint density at radius 2 is 2.47 bits per heavy atom. The van der Waals surface area contributed by atoms with E-state index in [0.717, 1.165) is 24.9 Å². The molecule has 1 heterocycles. The maximum Gasteiger partial charge on any atom is 0.0363 e. The Morgan fingerprint density at radius 1 is 1.59 bits per heavy atom. The molecular weight excluding hydrogens is 210 g/mol. The smallest absolute Gasteiger partial charge is 0.0363 e. The van der Waals surface area contributed by atoms with Gasteiger partial charge in [0.1, 0.15) is 0 Å². The molecule has 3 heteroatoms. The second-order valence-corrected chi connectivity index (χ2v) is 5.67. The van der Waals surface area contributed by atoms with Crippen molar-refractivity contribution in [1.82, 2.24) is 9.88 Å². The molecule has 0 aliphatic heterocycles. The van der Waals surface area contributed by atoms with Crippen molar-refractivity contribution in [2.45, 2.75) is 31.3 Å². The quantitative estimate of drug-likeness (QED) is 0.856. The first-order chi connectivity index (χ1) is 8.26. The third kappa shape index (κ3) is 1.78. The number of hydrogen-bond donors (Lipinski definition) is 1. The lowest BCUT2D eigenvalue weighted by Crippen LogP contribution is -2.52. The average Bonchev–Trinajstić information content (AvgIpc) is 3.05. The van der Waals surface area contributed by atoms with E-state index in [1.807, 2.05) is 18.5 Å². The van der Waals surface area contributed by atoms with Gasteiger partial charge in [-0.1, -0.05) is 6.07 Å². The zero-order valence-electron chi connectivity index (χ0n) is 10.5. The molecule has 3 rings (SSSR count). The van der Waals surface area contributed by atoms with E-state index in [1.54, 1.807) is 0 Å². The predicted molar refractivity (Wildman–Crippen MR) is 68.3 cm³/mol.